The van der Waals surface area contributed by atoms with Gasteiger partial charge in [-0.2, -0.15) is 0 Å². The minimum absolute atomic E-state index is 0.811. The van der Waals surface area contributed by atoms with Gasteiger partial charge in [0.25, 0.3) is 0 Å². The summed E-state index contributed by atoms with van der Waals surface area (Å²) >= 11 is 0. The van der Waals surface area contributed by atoms with Crippen LogP contribution in [0.15, 0.2) is 30.5 Å². The van der Waals surface area contributed by atoms with Crippen LogP contribution in [0.4, 0.5) is 5.82 Å². The Balaban J connectivity index is 2.49. The van der Waals surface area contributed by atoms with E-state index in [0.717, 1.165) is 49.2 Å². The van der Waals surface area contributed by atoms with Crippen LogP contribution in [-0.2, 0) is 4.79 Å². The van der Waals surface area contributed by atoms with Gasteiger partial charge in [-0.15, -0.1) is 0 Å². The lowest BCUT2D eigenvalue weighted by Crippen LogP contribution is -2.25. The first-order valence-electron chi connectivity index (χ1n) is 7.30. The minimum atomic E-state index is -0.955. The number of anilines is 1. The van der Waals surface area contributed by atoms with E-state index in [1.807, 2.05) is 28.8 Å². The molecule has 112 valence electrons. The third-order valence-corrected chi connectivity index (χ3v) is 3.39. The number of imidazole rings is 1. The number of aromatic nitrogens is 2. The summed E-state index contributed by atoms with van der Waals surface area (Å²) in [5, 5.41) is 8.88. The number of carboxylic acids is 1. The lowest BCUT2D eigenvalue weighted by atomic mass is 10.3. The average Bonchev–Trinajstić information content (AvgIpc) is 2.84. The van der Waals surface area contributed by atoms with Crippen LogP contribution in [0.25, 0.3) is 11.7 Å². The van der Waals surface area contributed by atoms with Crippen LogP contribution in [0, 0.1) is 0 Å². The molecule has 0 unspecified atom stereocenters. The fraction of sp³-hybridized carbons (Fsp3) is 0.375. The van der Waals surface area contributed by atoms with Gasteiger partial charge in [0, 0.05) is 25.4 Å². The van der Waals surface area contributed by atoms with Crippen molar-refractivity contribution in [3.63, 3.8) is 0 Å². The maximum Gasteiger partial charge on any atom is 0.328 e. The minimum Gasteiger partial charge on any atom is -0.478 e. The summed E-state index contributed by atoms with van der Waals surface area (Å²) in [6, 6.07) is 5.77. The van der Waals surface area contributed by atoms with Crippen molar-refractivity contribution in [2.24, 2.45) is 0 Å². The fourth-order valence-electron chi connectivity index (χ4n) is 2.30. The highest BCUT2D eigenvalue weighted by Crippen LogP contribution is 2.23. The monoisotopic (exact) mass is 287 g/mol. The Kier molecular flexibility index (Phi) is 4.98. The molecule has 2 heterocycles. The Bertz CT molecular complexity index is 646. The molecule has 0 radical (unpaired) electrons. The summed E-state index contributed by atoms with van der Waals surface area (Å²) in [5.41, 5.74) is 1.64. The van der Waals surface area contributed by atoms with Crippen molar-refractivity contribution in [2.75, 3.05) is 18.0 Å². The number of unbranched alkanes of at least 4 members (excludes halogenated alkanes) is 1. The van der Waals surface area contributed by atoms with Crippen LogP contribution in [0.3, 0.4) is 0 Å². The molecule has 21 heavy (non-hydrogen) atoms. The number of nitrogens with zero attached hydrogens (tertiary/aromatic N) is 3. The van der Waals surface area contributed by atoms with Gasteiger partial charge in [0.2, 0.25) is 0 Å². The van der Waals surface area contributed by atoms with Gasteiger partial charge in [-0.3, -0.25) is 4.40 Å². The summed E-state index contributed by atoms with van der Waals surface area (Å²) in [4.78, 5) is 17.7. The zero-order valence-corrected chi connectivity index (χ0v) is 12.5. The summed E-state index contributed by atoms with van der Waals surface area (Å²) in [6.45, 7) is 6.01. The van der Waals surface area contributed by atoms with Crippen LogP contribution in [0.2, 0.25) is 0 Å². The first-order valence-corrected chi connectivity index (χ1v) is 7.30. The van der Waals surface area contributed by atoms with Crippen LogP contribution >= 0.6 is 0 Å². The molecule has 0 aromatic carbocycles. The average molecular weight is 287 g/mol. The van der Waals surface area contributed by atoms with E-state index in [1.54, 1.807) is 6.08 Å². The molecule has 0 aliphatic carbocycles. The second-order valence-corrected chi connectivity index (χ2v) is 4.85. The molecule has 0 bridgehead atoms. The molecule has 5 heteroatoms. The van der Waals surface area contributed by atoms with Crippen molar-refractivity contribution in [1.82, 2.24) is 9.38 Å². The number of aliphatic carboxylic acids is 1. The fourth-order valence-corrected chi connectivity index (χ4v) is 2.30. The van der Waals surface area contributed by atoms with Crippen LogP contribution in [-0.4, -0.2) is 33.6 Å². The molecule has 2 aromatic heterocycles. The predicted molar refractivity (Wildman–Crippen MR) is 84.7 cm³/mol. The van der Waals surface area contributed by atoms with E-state index in [-0.39, 0.29) is 0 Å². The molecule has 2 rings (SSSR count). The van der Waals surface area contributed by atoms with Crippen molar-refractivity contribution in [3.05, 3.63) is 36.2 Å². The third-order valence-electron chi connectivity index (χ3n) is 3.39. The van der Waals surface area contributed by atoms with Gasteiger partial charge in [-0.05, 0) is 31.6 Å². The largest absolute Gasteiger partial charge is 0.478 e. The van der Waals surface area contributed by atoms with Crippen molar-refractivity contribution < 1.29 is 9.90 Å². The number of rotatable bonds is 7. The second kappa shape index (κ2) is 6.92. The molecule has 0 atom stereocenters. The van der Waals surface area contributed by atoms with Crippen molar-refractivity contribution in [2.45, 2.75) is 26.7 Å². The zero-order valence-electron chi connectivity index (χ0n) is 12.5. The number of carbonyl (C=O) groups is 1. The molecular weight excluding hydrogens is 266 g/mol. The molecular formula is C16H21N3O2. The van der Waals surface area contributed by atoms with Crippen LogP contribution in [0.1, 0.15) is 32.4 Å². The van der Waals surface area contributed by atoms with Crippen LogP contribution in [0.5, 0.6) is 0 Å². The Labute approximate surface area is 124 Å². The predicted octanol–water partition coefficient (Wildman–Crippen LogP) is 3.06. The van der Waals surface area contributed by atoms with E-state index in [0.29, 0.717) is 0 Å². The first kappa shape index (κ1) is 15.1. The number of hydrogen-bond acceptors (Lipinski definition) is 3. The molecule has 0 spiro atoms. The van der Waals surface area contributed by atoms with Crippen LogP contribution < -0.4 is 4.90 Å². The Morgan fingerprint density at radius 3 is 2.90 bits per heavy atom. The van der Waals surface area contributed by atoms with E-state index in [1.165, 1.54) is 0 Å². The standard InChI is InChI=1S/C16H21N3O2/c1-3-5-11-18(4-2)16-13(9-10-15(20)21)19-12-7-6-8-14(19)17-16/h6-10,12H,3-5,11H2,1-2H3,(H,20,21)/b10-9+. The Hall–Kier alpha value is -2.30. The van der Waals surface area contributed by atoms with Gasteiger partial charge in [-0.1, -0.05) is 19.4 Å². The number of hydrogen-bond donors (Lipinski definition) is 1. The quantitative estimate of drug-likeness (QED) is 0.795. The maximum atomic E-state index is 10.8. The van der Waals surface area contributed by atoms with E-state index >= 15 is 0 Å². The Morgan fingerprint density at radius 1 is 1.43 bits per heavy atom. The molecule has 0 amide bonds. The second-order valence-electron chi connectivity index (χ2n) is 4.85. The zero-order chi connectivity index (χ0) is 15.2. The van der Waals surface area contributed by atoms with Crippen molar-refractivity contribution in [1.29, 1.82) is 0 Å². The highest BCUT2D eigenvalue weighted by molar-refractivity contribution is 5.86. The highest BCUT2D eigenvalue weighted by Gasteiger charge is 2.15. The molecule has 5 nitrogen and oxygen atoms in total. The van der Waals surface area contributed by atoms with E-state index in [4.69, 9.17) is 5.11 Å². The van der Waals surface area contributed by atoms with Gasteiger partial charge in [0.15, 0.2) is 5.82 Å². The summed E-state index contributed by atoms with van der Waals surface area (Å²) in [5.74, 6) is -0.113. The van der Waals surface area contributed by atoms with Gasteiger partial charge in [0.1, 0.15) is 5.65 Å². The van der Waals surface area contributed by atoms with Crippen molar-refractivity contribution >= 4 is 23.5 Å². The first-order chi connectivity index (χ1) is 10.2. The summed E-state index contributed by atoms with van der Waals surface area (Å²) in [7, 11) is 0. The van der Waals surface area contributed by atoms with E-state index in [9.17, 15) is 4.79 Å². The molecule has 0 aliphatic rings. The van der Waals surface area contributed by atoms with Gasteiger partial charge >= 0.3 is 5.97 Å². The van der Waals surface area contributed by atoms with Gasteiger partial charge in [-0.25, -0.2) is 9.78 Å². The highest BCUT2D eigenvalue weighted by atomic mass is 16.4. The smallest absolute Gasteiger partial charge is 0.328 e. The lowest BCUT2D eigenvalue weighted by Gasteiger charge is -2.21. The number of fused-ring (bicyclic) bond motifs is 1. The SMILES string of the molecule is CCCCN(CC)c1nc2ccccn2c1/C=C/C(=O)O. The van der Waals surface area contributed by atoms with E-state index in [2.05, 4.69) is 23.7 Å². The molecule has 0 saturated carbocycles. The molecule has 0 aliphatic heterocycles. The summed E-state index contributed by atoms with van der Waals surface area (Å²) < 4.78 is 1.92. The maximum absolute atomic E-state index is 10.8. The van der Waals surface area contributed by atoms with E-state index < -0.39 is 5.97 Å². The topological polar surface area (TPSA) is 57.8 Å². The van der Waals surface area contributed by atoms with Gasteiger partial charge in [0.05, 0.1) is 5.69 Å². The molecule has 0 fully saturated rings. The number of carboxylic acid groups (broad SMARTS) is 1. The summed E-state index contributed by atoms with van der Waals surface area (Å²) in [6.07, 6.45) is 6.88. The molecule has 2 aromatic rings. The molecule has 0 saturated heterocycles. The Morgan fingerprint density at radius 2 is 2.24 bits per heavy atom. The molecule has 1 N–H and O–H groups in total. The normalized spacial score (nSPS) is 11.3. The van der Waals surface area contributed by atoms with Gasteiger partial charge < -0.3 is 10.0 Å². The van der Waals surface area contributed by atoms with Crippen molar-refractivity contribution in [3.8, 4) is 0 Å². The lowest BCUT2D eigenvalue weighted by molar-refractivity contribution is -0.131. The third kappa shape index (κ3) is 3.42. The number of pyridine rings is 1.